The minimum Gasteiger partial charge on any atom is -0.377 e. The van der Waals surface area contributed by atoms with Crippen LogP contribution in [0.5, 0.6) is 0 Å². The van der Waals surface area contributed by atoms with Crippen LogP contribution in [0.2, 0.25) is 0 Å². The molecule has 0 unspecified atom stereocenters. The van der Waals surface area contributed by atoms with Gasteiger partial charge in [-0.2, -0.15) is 0 Å². The van der Waals surface area contributed by atoms with Gasteiger partial charge in [0.15, 0.2) is 0 Å². The molecule has 0 aliphatic carbocycles. The van der Waals surface area contributed by atoms with Crippen molar-refractivity contribution in [3.63, 3.8) is 0 Å². The number of ether oxygens (including phenoxy) is 1. The van der Waals surface area contributed by atoms with Crippen molar-refractivity contribution in [2.24, 2.45) is 5.92 Å². The maximum absolute atomic E-state index is 13.5. The van der Waals surface area contributed by atoms with E-state index in [1.54, 1.807) is 24.3 Å². The zero-order valence-electron chi connectivity index (χ0n) is 17.5. The molecule has 0 radical (unpaired) electrons. The van der Waals surface area contributed by atoms with Crippen LogP contribution in [-0.2, 0) is 14.8 Å². The van der Waals surface area contributed by atoms with E-state index in [9.17, 15) is 8.42 Å². The molecule has 4 aromatic rings. The highest BCUT2D eigenvalue weighted by Gasteiger charge is 2.41. The van der Waals surface area contributed by atoms with Gasteiger partial charge >= 0.3 is 0 Å². The van der Waals surface area contributed by atoms with Crippen molar-refractivity contribution < 1.29 is 13.2 Å². The first-order valence-corrected chi connectivity index (χ1v) is 12.5. The number of benzene rings is 3. The number of rotatable bonds is 3. The molecule has 1 N–H and O–H groups in total. The van der Waals surface area contributed by atoms with Crippen molar-refractivity contribution >= 4 is 26.6 Å². The Morgan fingerprint density at radius 2 is 1.62 bits per heavy atom. The van der Waals surface area contributed by atoms with Crippen LogP contribution in [0.3, 0.4) is 0 Å². The Bertz CT molecular complexity index is 1400. The fourth-order valence-corrected chi connectivity index (χ4v) is 6.65. The highest BCUT2D eigenvalue weighted by atomic mass is 32.2. The van der Waals surface area contributed by atoms with E-state index in [0.29, 0.717) is 5.52 Å². The number of hydrogen-bond donors (Lipinski definition) is 1. The van der Waals surface area contributed by atoms with Crippen molar-refractivity contribution in [2.75, 3.05) is 11.9 Å². The maximum Gasteiger partial charge on any atom is 0.268 e. The molecular formula is C26H24N2O3S. The molecule has 3 atom stereocenters. The van der Waals surface area contributed by atoms with E-state index in [1.807, 2.05) is 48.7 Å². The quantitative estimate of drug-likeness (QED) is 0.452. The number of nitrogens with one attached hydrogen (secondary N) is 1. The molecule has 3 aromatic carbocycles. The highest BCUT2D eigenvalue weighted by molar-refractivity contribution is 7.90. The lowest BCUT2D eigenvalue weighted by Crippen LogP contribution is -2.35. The molecule has 1 fully saturated rings. The molecule has 0 bridgehead atoms. The Labute approximate surface area is 187 Å². The fourth-order valence-electron chi connectivity index (χ4n) is 5.25. The first kappa shape index (κ1) is 19.6. The lowest BCUT2D eigenvalue weighted by molar-refractivity contribution is -0.0380. The number of fused-ring (bicyclic) bond motifs is 4. The molecule has 6 heteroatoms. The Morgan fingerprint density at radius 3 is 2.50 bits per heavy atom. The Hall–Kier alpha value is -3.09. The van der Waals surface area contributed by atoms with Crippen molar-refractivity contribution in [1.82, 2.24) is 3.97 Å². The summed E-state index contributed by atoms with van der Waals surface area (Å²) in [6.45, 7) is 0.756. The Kier molecular flexibility index (Phi) is 4.59. The molecule has 0 saturated carbocycles. The monoisotopic (exact) mass is 444 g/mol. The molecule has 1 saturated heterocycles. The van der Waals surface area contributed by atoms with Crippen molar-refractivity contribution in [1.29, 1.82) is 0 Å². The molecule has 0 amide bonds. The van der Waals surface area contributed by atoms with E-state index < -0.39 is 10.0 Å². The van der Waals surface area contributed by atoms with E-state index in [4.69, 9.17) is 4.74 Å². The topological polar surface area (TPSA) is 60.3 Å². The molecule has 32 heavy (non-hydrogen) atoms. The lowest BCUT2D eigenvalue weighted by Gasteiger charge is -2.43. The van der Waals surface area contributed by atoms with E-state index >= 15 is 0 Å². The van der Waals surface area contributed by atoms with Gasteiger partial charge < -0.3 is 10.1 Å². The predicted molar refractivity (Wildman–Crippen MR) is 125 cm³/mol. The van der Waals surface area contributed by atoms with Gasteiger partial charge in [-0.1, -0.05) is 54.6 Å². The molecule has 2 aliphatic rings. The average Bonchev–Trinajstić information content (AvgIpc) is 3.24. The zero-order chi connectivity index (χ0) is 21.7. The molecule has 0 spiro atoms. The standard InChI is InChI=1S/C26H24N2O3S/c29-32(30,18-9-2-1-3-10-18)28-17-22(19-11-5-7-15-24(19)28)25-21-13-8-16-31-26(21)20-12-4-6-14-23(20)27-25/h1-7,9-12,14-15,17,21,25-27H,8,13,16H2/t21-,25-,26+/m1/s1. The maximum atomic E-state index is 13.5. The molecule has 162 valence electrons. The summed E-state index contributed by atoms with van der Waals surface area (Å²) in [4.78, 5) is 0.285. The van der Waals surface area contributed by atoms with Crippen LogP contribution in [0.15, 0.2) is 90.0 Å². The first-order valence-electron chi connectivity index (χ1n) is 11.0. The summed E-state index contributed by atoms with van der Waals surface area (Å²) in [5, 5.41) is 4.67. The molecule has 5 nitrogen and oxygen atoms in total. The van der Waals surface area contributed by atoms with Gasteiger partial charge in [-0.05, 0) is 37.1 Å². The summed E-state index contributed by atoms with van der Waals surface area (Å²) in [6.07, 6.45) is 3.85. The minimum absolute atomic E-state index is 0.0130. The minimum atomic E-state index is -3.72. The van der Waals surface area contributed by atoms with Crippen molar-refractivity contribution in [3.8, 4) is 0 Å². The molecule has 2 aliphatic heterocycles. The predicted octanol–water partition coefficient (Wildman–Crippen LogP) is 5.51. The number of para-hydroxylation sites is 2. The van der Waals surface area contributed by atoms with E-state index in [-0.39, 0.29) is 23.0 Å². The second-order valence-electron chi connectivity index (χ2n) is 8.52. The third-order valence-electron chi connectivity index (χ3n) is 6.72. The summed E-state index contributed by atoms with van der Waals surface area (Å²) in [6, 6.07) is 24.6. The van der Waals surface area contributed by atoms with E-state index in [2.05, 4.69) is 17.4 Å². The van der Waals surface area contributed by atoms with Gasteiger partial charge in [0.2, 0.25) is 0 Å². The van der Waals surface area contributed by atoms with Gasteiger partial charge in [-0.15, -0.1) is 0 Å². The lowest BCUT2D eigenvalue weighted by atomic mass is 9.77. The summed E-state index contributed by atoms with van der Waals surface area (Å²) in [5.74, 6) is 0.234. The molecular weight excluding hydrogens is 420 g/mol. The Balaban J connectivity index is 1.54. The third kappa shape index (κ3) is 2.98. The fraction of sp³-hybridized carbons (Fsp3) is 0.231. The van der Waals surface area contributed by atoms with Crippen LogP contribution in [-0.4, -0.2) is 19.0 Å². The van der Waals surface area contributed by atoms with Gasteiger partial charge in [-0.3, -0.25) is 0 Å². The number of hydrogen-bond acceptors (Lipinski definition) is 4. The smallest absolute Gasteiger partial charge is 0.268 e. The number of aromatic nitrogens is 1. The largest absolute Gasteiger partial charge is 0.377 e. The van der Waals surface area contributed by atoms with Gasteiger partial charge in [0.25, 0.3) is 10.0 Å². The van der Waals surface area contributed by atoms with Crippen LogP contribution in [0.25, 0.3) is 10.9 Å². The normalized spacial score (nSPS) is 22.7. The second-order valence-corrected chi connectivity index (χ2v) is 10.3. The van der Waals surface area contributed by atoms with Gasteiger partial charge in [-0.25, -0.2) is 12.4 Å². The summed E-state index contributed by atoms with van der Waals surface area (Å²) in [5.41, 5.74) is 3.94. The van der Waals surface area contributed by atoms with Crippen molar-refractivity contribution in [3.05, 3.63) is 96.2 Å². The van der Waals surface area contributed by atoms with Gasteiger partial charge in [0, 0.05) is 40.9 Å². The van der Waals surface area contributed by atoms with Crippen LogP contribution in [0.1, 0.15) is 36.1 Å². The second kappa shape index (κ2) is 7.50. The molecule has 3 heterocycles. The van der Waals surface area contributed by atoms with Gasteiger partial charge in [0.05, 0.1) is 22.6 Å². The van der Waals surface area contributed by atoms with Crippen LogP contribution in [0.4, 0.5) is 5.69 Å². The van der Waals surface area contributed by atoms with Crippen LogP contribution < -0.4 is 5.32 Å². The Morgan fingerprint density at radius 1 is 0.875 bits per heavy atom. The average molecular weight is 445 g/mol. The number of anilines is 1. The van der Waals surface area contributed by atoms with Gasteiger partial charge in [0.1, 0.15) is 0 Å². The highest BCUT2D eigenvalue weighted by Crippen LogP contribution is 2.50. The van der Waals surface area contributed by atoms with Crippen LogP contribution >= 0.6 is 0 Å². The van der Waals surface area contributed by atoms with Crippen molar-refractivity contribution in [2.45, 2.75) is 29.9 Å². The first-order chi connectivity index (χ1) is 15.6. The third-order valence-corrected chi connectivity index (χ3v) is 8.41. The van der Waals surface area contributed by atoms with E-state index in [0.717, 1.165) is 36.1 Å². The summed E-state index contributed by atoms with van der Waals surface area (Å²) in [7, 11) is -3.72. The SMILES string of the molecule is O=S(=O)(c1ccccc1)n1cc([C@@H]2Nc3ccccc3[C@@H]3OCCC[C@H]23)c2ccccc21. The van der Waals surface area contributed by atoms with Crippen LogP contribution in [0, 0.1) is 5.92 Å². The summed E-state index contributed by atoms with van der Waals surface area (Å²) >= 11 is 0. The number of nitrogens with zero attached hydrogens (tertiary/aromatic N) is 1. The molecule has 6 rings (SSSR count). The summed E-state index contributed by atoms with van der Waals surface area (Å²) < 4.78 is 34.8. The van der Waals surface area contributed by atoms with E-state index in [1.165, 1.54) is 9.54 Å². The zero-order valence-corrected chi connectivity index (χ0v) is 18.3. The molecule has 1 aromatic heterocycles.